The van der Waals surface area contributed by atoms with Crippen molar-refractivity contribution < 1.29 is 37.3 Å². The number of phosphoric acid groups is 1. The number of phosphoric ester groups is 1. The Hall–Kier alpha value is -2.55. The molecule has 2 N–H and O–H groups in total. The van der Waals surface area contributed by atoms with Crippen LogP contribution >= 0.6 is 7.82 Å². The van der Waals surface area contributed by atoms with E-state index in [9.17, 15) is 19.0 Å². The molecular weight excluding hydrogens is 1000 g/mol. The Morgan fingerprint density at radius 2 is 0.772 bits per heavy atom. The molecule has 0 aliphatic heterocycles. The number of carbonyl (C=O) groups excluding carboxylic acids is 2. The highest BCUT2D eigenvalue weighted by Gasteiger charge is 2.30. The summed E-state index contributed by atoms with van der Waals surface area (Å²) in [6.45, 7) is 6.98. The lowest BCUT2D eigenvalue weighted by Gasteiger charge is -2.27. The van der Waals surface area contributed by atoms with Gasteiger partial charge >= 0.3 is 13.8 Å². The maximum atomic E-state index is 13.6. The van der Waals surface area contributed by atoms with Gasteiger partial charge in [-0.05, 0) is 102 Å². The Balaban J connectivity index is 5.26. The van der Waals surface area contributed by atoms with Gasteiger partial charge in [0.25, 0.3) is 0 Å². The Labute approximate surface area is 489 Å². The molecule has 0 fully saturated rings. The summed E-state index contributed by atoms with van der Waals surface area (Å²) in [4.78, 5) is 37.8. The fourth-order valence-electron chi connectivity index (χ4n) is 9.45. The lowest BCUT2D eigenvalue weighted by molar-refractivity contribution is -0.870. The Morgan fingerprint density at radius 1 is 0.443 bits per heavy atom. The molecule has 0 rings (SSSR count). The molecule has 460 valence electrons. The van der Waals surface area contributed by atoms with Crippen molar-refractivity contribution in [2.24, 2.45) is 0 Å². The van der Waals surface area contributed by atoms with Crippen LogP contribution in [0.2, 0.25) is 0 Å². The predicted molar refractivity (Wildman–Crippen MR) is 341 cm³/mol. The third-order valence-corrected chi connectivity index (χ3v) is 15.6. The van der Waals surface area contributed by atoms with E-state index in [1.807, 2.05) is 33.3 Å². The zero-order valence-electron chi connectivity index (χ0n) is 52.6. The Bertz CT molecular complexity index is 1580. The Morgan fingerprint density at radius 3 is 1.20 bits per heavy atom. The number of rotatable bonds is 60. The highest BCUT2D eigenvalue weighted by atomic mass is 31.2. The van der Waals surface area contributed by atoms with Crippen LogP contribution in [0.15, 0.2) is 72.9 Å². The third-order valence-electron chi connectivity index (χ3n) is 14.6. The first-order chi connectivity index (χ1) is 38.4. The number of nitrogens with zero attached hydrogens (tertiary/aromatic N) is 1. The first-order valence-corrected chi connectivity index (χ1v) is 34.8. The van der Waals surface area contributed by atoms with Gasteiger partial charge < -0.3 is 19.4 Å². The van der Waals surface area contributed by atoms with E-state index in [2.05, 4.69) is 86.8 Å². The zero-order valence-corrected chi connectivity index (χ0v) is 53.5. The van der Waals surface area contributed by atoms with Crippen LogP contribution in [-0.2, 0) is 27.9 Å². The van der Waals surface area contributed by atoms with Gasteiger partial charge in [0.2, 0.25) is 5.91 Å². The lowest BCUT2D eigenvalue weighted by atomic mass is 10.0. The number of amides is 1. The number of unbranched alkanes of at least 4 members (excludes halogenated alkanes) is 34. The van der Waals surface area contributed by atoms with Gasteiger partial charge in [-0.3, -0.25) is 18.6 Å². The van der Waals surface area contributed by atoms with Crippen LogP contribution in [0, 0.1) is 0 Å². The maximum absolute atomic E-state index is 13.6. The molecule has 79 heavy (non-hydrogen) atoms. The molecule has 3 atom stereocenters. The lowest BCUT2D eigenvalue weighted by Crippen LogP contribution is -2.47. The maximum Gasteiger partial charge on any atom is 0.472 e. The second kappa shape index (κ2) is 58.6. The molecule has 0 aromatic rings. The van der Waals surface area contributed by atoms with Crippen LogP contribution in [0.4, 0.5) is 0 Å². The smallest absolute Gasteiger partial charge is 0.456 e. The molecule has 3 unspecified atom stereocenters. The van der Waals surface area contributed by atoms with Gasteiger partial charge in [0.1, 0.15) is 19.3 Å². The van der Waals surface area contributed by atoms with Crippen molar-refractivity contribution in [3.05, 3.63) is 72.9 Å². The zero-order chi connectivity index (χ0) is 57.9. The van der Waals surface area contributed by atoms with Crippen molar-refractivity contribution in [1.29, 1.82) is 0 Å². The second-order valence-corrected chi connectivity index (χ2v) is 25.1. The SMILES string of the molecule is CCCCC/C=C\C/C=C\C/C=C\C/C=C\CCCCCC(=O)OC(/C=C/CCCCCCCCCCCCC)C(COP(=O)(O)OCC[N+](C)(C)C)NC(=O)CCCCCCCCCCCCC/C=C/CCCCCCCC. The number of esters is 1. The third kappa shape index (κ3) is 59.9. The van der Waals surface area contributed by atoms with Crippen molar-refractivity contribution in [2.45, 2.75) is 315 Å². The van der Waals surface area contributed by atoms with Gasteiger partial charge in [-0.15, -0.1) is 0 Å². The van der Waals surface area contributed by atoms with Crippen molar-refractivity contribution in [3.8, 4) is 0 Å². The van der Waals surface area contributed by atoms with Crippen molar-refractivity contribution in [3.63, 3.8) is 0 Å². The van der Waals surface area contributed by atoms with Crippen molar-refractivity contribution in [1.82, 2.24) is 5.32 Å². The topological polar surface area (TPSA) is 111 Å². The minimum Gasteiger partial charge on any atom is -0.456 e. The van der Waals surface area contributed by atoms with Gasteiger partial charge in [0, 0.05) is 12.8 Å². The van der Waals surface area contributed by atoms with Crippen LogP contribution in [0.3, 0.4) is 0 Å². The predicted octanol–water partition coefficient (Wildman–Crippen LogP) is 20.8. The summed E-state index contributed by atoms with van der Waals surface area (Å²) >= 11 is 0. The number of ether oxygens (including phenoxy) is 1. The molecule has 0 aromatic heterocycles. The summed E-state index contributed by atoms with van der Waals surface area (Å²) < 4.78 is 30.7. The number of quaternary nitrogens is 1. The Kier molecular flexibility index (Phi) is 56.7. The molecule has 0 aromatic carbocycles. The number of likely N-dealkylation sites (N-methyl/N-ethyl adjacent to an activating group) is 1. The second-order valence-electron chi connectivity index (χ2n) is 23.6. The van der Waals surface area contributed by atoms with E-state index in [0.717, 1.165) is 77.0 Å². The van der Waals surface area contributed by atoms with Crippen LogP contribution in [0.25, 0.3) is 0 Å². The van der Waals surface area contributed by atoms with E-state index >= 15 is 0 Å². The van der Waals surface area contributed by atoms with Crippen molar-refractivity contribution >= 4 is 19.7 Å². The number of allylic oxidation sites excluding steroid dienone is 11. The molecule has 0 aliphatic rings. The largest absolute Gasteiger partial charge is 0.472 e. The molecule has 0 aliphatic carbocycles. The van der Waals surface area contributed by atoms with Crippen LogP contribution in [0.1, 0.15) is 303 Å². The van der Waals surface area contributed by atoms with Crippen LogP contribution < -0.4 is 5.32 Å². The molecule has 0 saturated carbocycles. The normalized spacial score (nSPS) is 14.1. The first kappa shape index (κ1) is 76.5. The summed E-state index contributed by atoms with van der Waals surface area (Å²) in [5.74, 6) is -0.535. The summed E-state index contributed by atoms with van der Waals surface area (Å²) in [7, 11) is 1.48. The highest BCUT2D eigenvalue weighted by molar-refractivity contribution is 7.47. The molecule has 10 heteroatoms. The van der Waals surface area contributed by atoms with Gasteiger partial charge in [-0.25, -0.2) is 4.57 Å². The minimum absolute atomic E-state index is 0.0332. The van der Waals surface area contributed by atoms with E-state index < -0.39 is 20.0 Å². The first-order valence-electron chi connectivity index (χ1n) is 33.3. The van der Waals surface area contributed by atoms with Gasteiger partial charge in [-0.1, -0.05) is 261 Å². The number of carbonyl (C=O) groups is 2. The molecule has 9 nitrogen and oxygen atoms in total. The molecule has 0 bridgehead atoms. The molecular formula is C69H128N2O7P+. The number of hydrogen-bond donors (Lipinski definition) is 2. The van der Waals surface area contributed by atoms with E-state index in [1.54, 1.807) is 0 Å². The molecule has 0 heterocycles. The van der Waals surface area contributed by atoms with E-state index in [-0.39, 0.29) is 31.5 Å². The monoisotopic (exact) mass is 1130 g/mol. The fraction of sp³-hybridized carbons (Fsp3) is 0.797. The van der Waals surface area contributed by atoms with Crippen LogP contribution in [0.5, 0.6) is 0 Å². The van der Waals surface area contributed by atoms with Crippen LogP contribution in [-0.4, -0.2) is 74.3 Å². The summed E-state index contributed by atoms with van der Waals surface area (Å²) in [6, 6.07) is -0.865. The summed E-state index contributed by atoms with van der Waals surface area (Å²) in [5, 5.41) is 3.06. The molecule has 1 amide bonds. The fourth-order valence-corrected chi connectivity index (χ4v) is 10.2. The van der Waals surface area contributed by atoms with Crippen molar-refractivity contribution in [2.75, 3.05) is 40.9 Å². The van der Waals surface area contributed by atoms with Gasteiger partial charge in [-0.2, -0.15) is 0 Å². The summed E-state index contributed by atoms with van der Waals surface area (Å²) in [5.41, 5.74) is 0. The molecule has 0 radical (unpaired) electrons. The highest BCUT2D eigenvalue weighted by Crippen LogP contribution is 2.43. The molecule has 0 spiro atoms. The average Bonchev–Trinajstić information content (AvgIpc) is 3.41. The van der Waals surface area contributed by atoms with E-state index in [0.29, 0.717) is 23.9 Å². The number of hydrogen-bond acceptors (Lipinski definition) is 6. The average molecular weight is 1130 g/mol. The van der Waals surface area contributed by atoms with E-state index in [4.69, 9.17) is 13.8 Å². The molecule has 0 saturated heterocycles. The quantitative estimate of drug-likeness (QED) is 0.0205. The van der Waals surface area contributed by atoms with Gasteiger partial charge in [0.05, 0.1) is 33.8 Å². The number of nitrogens with one attached hydrogen (secondary N) is 1. The van der Waals surface area contributed by atoms with E-state index in [1.165, 1.54) is 186 Å². The minimum atomic E-state index is -4.46. The summed E-state index contributed by atoms with van der Waals surface area (Å²) in [6.07, 6.45) is 76.1. The van der Waals surface area contributed by atoms with Gasteiger partial charge in [0.15, 0.2) is 0 Å². The standard InChI is InChI=1S/C69H127N2O7P/c1-7-10-13-16-19-22-25-28-30-32-34-35-37-38-40-43-46-49-52-55-58-61-68(72)70-66(65-77-79(74,75)76-64-63-71(4,5)6)67(60-57-54-51-48-45-42-27-24-21-18-15-12-9-3)78-69(73)62-59-56-53-50-47-44-41-39-36-33-31-29-26-23-20-17-14-11-8-2/h20,23,28-31,36,39,44,47,57,60,66-67H,7-19,21-22,24-27,32-35,37-38,40-43,45-46,48-56,58-59,61-65H2,1-6H3,(H-,70,72,74,75)/p+1/b23-20-,30-28+,31-29-,39-36-,47-44-,60-57+.